The number of carbonyl (C=O) groups is 2. The Morgan fingerprint density at radius 2 is 1.85 bits per heavy atom. The molecule has 1 fully saturated rings. The minimum Gasteiger partial charge on any atom is -0.469 e. The maximum atomic E-state index is 12.7. The lowest BCUT2D eigenvalue weighted by Crippen LogP contribution is -2.52. The summed E-state index contributed by atoms with van der Waals surface area (Å²) >= 11 is 4.11. The zero-order chi connectivity index (χ0) is 19.4. The number of likely N-dealkylation sites (tertiary alicyclic amines) is 1. The van der Waals surface area contributed by atoms with E-state index in [1.54, 1.807) is 4.90 Å². The van der Waals surface area contributed by atoms with E-state index in [0.717, 1.165) is 16.3 Å². The van der Waals surface area contributed by atoms with E-state index in [0.29, 0.717) is 38.1 Å². The van der Waals surface area contributed by atoms with Crippen molar-refractivity contribution < 1.29 is 14.3 Å². The van der Waals surface area contributed by atoms with Crippen LogP contribution in [0.4, 0.5) is 0 Å². The maximum absolute atomic E-state index is 12.7. The van der Waals surface area contributed by atoms with E-state index >= 15 is 0 Å². The van der Waals surface area contributed by atoms with Crippen molar-refractivity contribution in [3.05, 3.63) is 48.0 Å². The number of nitrogens with two attached hydrogens (primary N) is 1. The zero-order valence-corrected chi connectivity index (χ0v) is 16.5. The first kappa shape index (κ1) is 19.7. The molecule has 1 aliphatic heterocycles. The fourth-order valence-corrected chi connectivity index (χ4v) is 4.10. The van der Waals surface area contributed by atoms with E-state index in [1.165, 1.54) is 7.11 Å². The van der Waals surface area contributed by atoms with Gasteiger partial charge in [-0.2, -0.15) is 12.6 Å². The molecule has 6 heteroatoms. The van der Waals surface area contributed by atoms with E-state index in [4.69, 9.17) is 10.5 Å². The van der Waals surface area contributed by atoms with Gasteiger partial charge < -0.3 is 15.4 Å². The number of hydrogen-bond acceptors (Lipinski definition) is 5. The molecule has 2 aromatic carbocycles. The van der Waals surface area contributed by atoms with Gasteiger partial charge in [-0.1, -0.05) is 42.5 Å². The number of nitrogens with zero attached hydrogens (tertiary/aromatic N) is 1. The SMILES string of the molecule is COC(=O)C1(Cc2cccc3ccccc23)CCN(C(=O)[C@@H](N)CS)CC1. The van der Waals surface area contributed by atoms with E-state index < -0.39 is 11.5 Å². The highest BCUT2D eigenvalue weighted by molar-refractivity contribution is 7.80. The fraction of sp³-hybridized carbons (Fsp3) is 0.429. The summed E-state index contributed by atoms with van der Waals surface area (Å²) in [4.78, 5) is 26.8. The highest BCUT2D eigenvalue weighted by atomic mass is 32.1. The molecule has 0 unspecified atom stereocenters. The first-order valence-corrected chi connectivity index (χ1v) is 9.84. The Kier molecular flexibility index (Phi) is 6.07. The Bertz CT molecular complexity index is 826. The van der Waals surface area contributed by atoms with Crippen molar-refractivity contribution in [1.29, 1.82) is 0 Å². The van der Waals surface area contributed by atoms with Gasteiger partial charge in [-0.15, -0.1) is 0 Å². The van der Waals surface area contributed by atoms with E-state index in [1.807, 2.05) is 18.2 Å². The number of thiol groups is 1. The van der Waals surface area contributed by atoms with Gasteiger partial charge in [0.15, 0.2) is 0 Å². The van der Waals surface area contributed by atoms with Crippen LogP contribution in [0, 0.1) is 5.41 Å². The third-order valence-electron chi connectivity index (χ3n) is 5.57. The molecule has 5 nitrogen and oxygen atoms in total. The molecule has 0 aromatic heterocycles. The number of rotatable bonds is 5. The minimum absolute atomic E-state index is 0.103. The molecule has 0 radical (unpaired) electrons. The first-order chi connectivity index (χ1) is 13.0. The van der Waals surface area contributed by atoms with Crippen LogP contribution in [0.25, 0.3) is 10.8 Å². The van der Waals surface area contributed by atoms with Crippen molar-refractivity contribution in [2.75, 3.05) is 26.0 Å². The third-order valence-corrected chi connectivity index (χ3v) is 5.97. The van der Waals surface area contributed by atoms with Crippen LogP contribution in [0.3, 0.4) is 0 Å². The normalized spacial score (nSPS) is 17.5. The number of carbonyl (C=O) groups excluding carboxylic acids is 2. The maximum Gasteiger partial charge on any atom is 0.312 e. The van der Waals surface area contributed by atoms with Gasteiger partial charge >= 0.3 is 5.97 Å². The predicted octanol–water partition coefficient (Wildman–Crippen LogP) is 2.42. The highest BCUT2D eigenvalue weighted by Gasteiger charge is 2.43. The number of hydrogen-bond donors (Lipinski definition) is 2. The Morgan fingerprint density at radius 1 is 1.19 bits per heavy atom. The quantitative estimate of drug-likeness (QED) is 0.611. The van der Waals surface area contributed by atoms with Gasteiger partial charge in [-0.25, -0.2) is 0 Å². The van der Waals surface area contributed by atoms with Crippen LogP contribution in [0.1, 0.15) is 18.4 Å². The van der Waals surface area contributed by atoms with Gasteiger partial charge in [-0.05, 0) is 35.6 Å². The summed E-state index contributed by atoms with van der Waals surface area (Å²) in [6.45, 7) is 1.00. The van der Waals surface area contributed by atoms with Crippen LogP contribution in [0.15, 0.2) is 42.5 Å². The van der Waals surface area contributed by atoms with Gasteiger partial charge in [0, 0.05) is 18.8 Å². The molecular weight excluding hydrogens is 360 g/mol. The summed E-state index contributed by atoms with van der Waals surface area (Å²) in [5, 5.41) is 2.31. The monoisotopic (exact) mass is 386 g/mol. The smallest absolute Gasteiger partial charge is 0.312 e. The molecule has 3 rings (SSSR count). The summed E-state index contributed by atoms with van der Waals surface area (Å²) in [6, 6.07) is 13.7. The zero-order valence-electron chi connectivity index (χ0n) is 15.6. The first-order valence-electron chi connectivity index (χ1n) is 9.21. The molecule has 1 heterocycles. The topological polar surface area (TPSA) is 72.6 Å². The molecule has 27 heavy (non-hydrogen) atoms. The summed E-state index contributed by atoms with van der Waals surface area (Å²) in [5.74, 6) is 0.00247. The lowest BCUT2D eigenvalue weighted by atomic mass is 9.73. The van der Waals surface area contributed by atoms with Crippen LogP contribution in [0.2, 0.25) is 0 Å². The minimum atomic E-state index is -0.624. The van der Waals surface area contributed by atoms with Gasteiger partial charge in [0.2, 0.25) is 5.91 Å². The molecule has 1 amide bonds. The lowest BCUT2D eigenvalue weighted by molar-refractivity contribution is -0.157. The van der Waals surface area contributed by atoms with Crippen molar-refractivity contribution >= 4 is 35.3 Å². The Labute approximate surface area is 165 Å². The third kappa shape index (κ3) is 3.96. The summed E-state index contributed by atoms with van der Waals surface area (Å²) in [5.41, 5.74) is 6.33. The van der Waals surface area contributed by atoms with Gasteiger partial charge in [0.1, 0.15) is 0 Å². The fourth-order valence-electron chi connectivity index (χ4n) is 3.95. The van der Waals surface area contributed by atoms with Crippen molar-refractivity contribution in [1.82, 2.24) is 4.90 Å². The van der Waals surface area contributed by atoms with Crippen molar-refractivity contribution in [3.8, 4) is 0 Å². The Balaban J connectivity index is 1.85. The van der Waals surface area contributed by atoms with Crippen LogP contribution >= 0.6 is 12.6 Å². The molecule has 144 valence electrons. The number of ether oxygens (including phenoxy) is 1. The largest absolute Gasteiger partial charge is 0.469 e. The highest BCUT2D eigenvalue weighted by Crippen LogP contribution is 2.38. The average molecular weight is 387 g/mol. The standard InChI is InChI=1S/C21H26N2O3S/c1-26-20(25)21(9-11-23(12-10-21)19(24)18(22)14-27)13-16-7-4-6-15-5-2-3-8-17(15)16/h2-8,18,27H,9-14,22H2,1H3/t18-/m0/s1. The molecule has 2 aromatic rings. The molecular formula is C21H26N2O3S. The molecule has 1 aliphatic rings. The van der Waals surface area contributed by atoms with Gasteiger partial charge in [-0.3, -0.25) is 9.59 Å². The second-order valence-corrected chi connectivity index (χ2v) is 7.57. The molecule has 1 saturated heterocycles. The summed E-state index contributed by atoms with van der Waals surface area (Å²) in [6.07, 6.45) is 1.73. The van der Waals surface area contributed by atoms with E-state index in [2.05, 4.69) is 36.9 Å². The molecule has 2 N–H and O–H groups in total. The van der Waals surface area contributed by atoms with E-state index in [9.17, 15) is 9.59 Å². The summed E-state index contributed by atoms with van der Waals surface area (Å²) in [7, 11) is 1.43. The molecule has 0 spiro atoms. The van der Waals surface area contributed by atoms with Crippen molar-refractivity contribution in [2.24, 2.45) is 11.1 Å². The van der Waals surface area contributed by atoms with Crippen LogP contribution in [0.5, 0.6) is 0 Å². The van der Waals surface area contributed by atoms with Gasteiger partial charge in [0.25, 0.3) is 0 Å². The molecule has 0 aliphatic carbocycles. The average Bonchev–Trinajstić information content (AvgIpc) is 2.72. The number of fused-ring (bicyclic) bond motifs is 1. The number of esters is 1. The van der Waals surface area contributed by atoms with Crippen molar-refractivity contribution in [2.45, 2.75) is 25.3 Å². The van der Waals surface area contributed by atoms with Gasteiger partial charge in [0.05, 0.1) is 18.6 Å². The molecule has 0 saturated carbocycles. The Morgan fingerprint density at radius 3 is 2.52 bits per heavy atom. The number of methoxy groups -OCH3 is 1. The predicted molar refractivity (Wildman–Crippen MR) is 110 cm³/mol. The van der Waals surface area contributed by atoms with Crippen LogP contribution < -0.4 is 5.73 Å². The van der Waals surface area contributed by atoms with Crippen LogP contribution in [-0.4, -0.2) is 48.8 Å². The second-order valence-electron chi connectivity index (χ2n) is 7.20. The molecule has 1 atom stereocenters. The van der Waals surface area contributed by atoms with Crippen LogP contribution in [-0.2, 0) is 20.7 Å². The second kappa shape index (κ2) is 8.31. The summed E-state index contributed by atoms with van der Waals surface area (Å²) < 4.78 is 5.16. The Hall–Kier alpha value is -2.05. The molecule has 0 bridgehead atoms. The number of amides is 1. The van der Waals surface area contributed by atoms with Crippen molar-refractivity contribution in [3.63, 3.8) is 0 Å². The number of benzene rings is 2. The number of piperidine rings is 1. The lowest BCUT2D eigenvalue weighted by Gasteiger charge is -2.40. The van der Waals surface area contributed by atoms with E-state index in [-0.39, 0.29) is 11.9 Å².